The minimum absolute atomic E-state index is 0.00631. The number of hydrogen-bond acceptors (Lipinski definition) is 5. The van der Waals surface area contributed by atoms with Gasteiger partial charge >= 0.3 is 6.03 Å². The number of carbonyl (C=O) groups is 1. The van der Waals surface area contributed by atoms with Gasteiger partial charge in [-0.05, 0) is 49.9 Å². The van der Waals surface area contributed by atoms with Crippen molar-refractivity contribution in [3.8, 4) is 0 Å². The molecule has 0 spiro atoms. The van der Waals surface area contributed by atoms with Crippen molar-refractivity contribution >= 4 is 17.4 Å². The largest absolute Gasteiger partial charge is 0.395 e. The summed E-state index contributed by atoms with van der Waals surface area (Å²) in [6.07, 6.45) is 0. The minimum Gasteiger partial charge on any atom is -0.395 e. The zero-order valence-electron chi connectivity index (χ0n) is 21.7. The molecule has 0 aliphatic carbocycles. The normalized spacial score (nSPS) is 26.5. The van der Waals surface area contributed by atoms with Gasteiger partial charge in [0, 0.05) is 82.1 Å². The Morgan fingerprint density at radius 1 is 0.778 bits per heavy atom. The highest BCUT2D eigenvalue weighted by atomic mass is 16.3. The summed E-state index contributed by atoms with van der Waals surface area (Å²) in [6, 6.07) is 17.6. The smallest absolute Gasteiger partial charge is 0.317 e. The molecule has 0 unspecified atom stereocenters. The van der Waals surface area contributed by atoms with Crippen molar-refractivity contribution in [3.05, 3.63) is 59.7 Å². The molecule has 36 heavy (non-hydrogen) atoms. The number of aryl methyl sites for hydroxylation is 2. The Balaban J connectivity index is 0.000000156. The summed E-state index contributed by atoms with van der Waals surface area (Å²) in [5.41, 5.74) is 5.31. The number of anilines is 2. The van der Waals surface area contributed by atoms with E-state index in [-0.39, 0.29) is 12.6 Å². The number of urea groups is 1. The summed E-state index contributed by atoms with van der Waals surface area (Å²) < 4.78 is 0. The average molecular weight is 492 g/mol. The Labute approximate surface area is 215 Å². The van der Waals surface area contributed by atoms with Crippen molar-refractivity contribution < 1.29 is 9.90 Å². The van der Waals surface area contributed by atoms with Crippen LogP contribution in [0.1, 0.15) is 11.1 Å². The maximum absolute atomic E-state index is 11.9. The van der Waals surface area contributed by atoms with Gasteiger partial charge in [0.25, 0.3) is 0 Å². The number of aliphatic hydroxyl groups is 1. The Morgan fingerprint density at radius 2 is 1.22 bits per heavy atom. The second-order valence-electron chi connectivity index (χ2n) is 11.0. The van der Waals surface area contributed by atoms with Crippen LogP contribution in [-0.4, -0.2) is 81.5 Å². The molecule has 0 saturated carbocycles. The molecule has 4 saturated heterocycles. The van der Waals surface area contributed by atoms with Crippen molar-refractivity contribution in [2.24, 2.45) is 23.7 Å². The van der Waals surface area contributed by atoms with Crippen LogP contribution in [0.4, 0.5) is 16.2 Å². The van der Waals surface area contributed by atoms with Crippen LogP contribution >= 0.6 is 0 Å². The van der Waals surface area contributed by atoms with Gasteiger partial charge in [-0.1, -0.05) is 35.4 Å². The molecule has 6 rings (SSSR count). The third kappa shape index (κ3) is 5.62. The number of carbonyl (C=O) groups excluding carboxylic acids is 1. The number of fused-ring (bicyclic) bond motifs is 2. The van der Waals surface area contributed by atoms with Gasteiger partial charge in [-0.2, -0.15) is 0 Å². The van der Waals surface area contributed by atoms with Crippen LogP contribution in [0.25, 0.3) is 0 Å². The topological polar surface area (TPSA) is 71.1 Å². The number of rotatable bonds is 4. The summed E-state index contributed by atoms with van der Waals surface area (Å²) >= 11 is 0. The lowest BCUT2D eigenvalue weighted by Gasteiger charge is -2.23. The van der Waals surface area contributed by atoms with Crippen molar-refractivity contribution in [1.82, 2.24) is 15.5 Å². The highest BCUT2D eigenvalue weighted by Gasteiger charge is 2.41. The van der Waals surface area contributed by atoms with Gasteiger partial charge in [0.15, 0.2) is 0 Å². The summed E-state index contributed by atoms with van der Waals surface area (Å²) in [4.78, 5) is 18.8. The Hall–Kier alpha value is -2.77. The third-order valence-corrected chi connectivity index (χ3v) is 8.35. The Kier molecular flexibility index (Phi) is 7.67. The van der Waals surface area contributed by atoms with Crippen molar-refractivity contribution in [3.63, 3.8) is 0 Å². The van der Waals surface area contributed by atoms with E-state index >= 15 is 0 Å². The molecule has 7 nitrogen and oxygen atoms in total. The van der Waals surface area contributed by atoms with E-state index in [1.54, 1.807) is 0 Å². The molecule has 0 radical (unpaired) electrons. The first-order valence-corrected chi connectivity index (χ1v) is 13.5. The van der Waals surface area contributed by atoms with Gasteiger partial charge in [0.1, 0.15) is 0 Å². The van der Waals surface area contributed by atoms with Crippen molar-refractivity contribution in [1.29, 1.82) is 0 Å². The van der Waals surface area contributed by atoms with Crippen LogP contribution in [0.2, 0.25) is 0 Å². The first-order valence-electron chi connectivity index (χ1n) is 13.5. The van der Waals surface area contributed by atoms with Gasteiger partial charge in [0.05, 0.1) is 6.61 Å². The van der Waals surface area contributed by atoms with E-state index in [2.05, 4.69) is 82.8 Å². The molecular formula is C29H41N5O2. The number of nitrogens with zero attached hydrogens (tertiary/aromatic N) is 3. The molecule has 7 heteroatoms. The Bertz CT molecular complexity index is 985. The zero-order valence-corrected chi connectivity index (χ0v) is 21.7. The van der Waals surface area contributed by atoms with Crippen LogP contribution in [0.15, 0.2) is 48.5 Å². The number of amides is 2. The number of likely N-dealkylation sites (tertiary alicyclic amines) is 1. The number of aliphatic hydroxyl groups excluding tert-OH is 1. The molecule has 2 amide bonds. The van der Waals surface area contributed by atoms with E-state index in [1.807, 2.05) is 4.90 Å². The SMILES string of the molecule is Cc1ccc(N2C[C@H]3CN(C(=O)NCCO)C[C@H]3C2)cc1.Cc1ccc(N2C[C@H]3CNC[C@H]3C2)cc1. The maximum atomic E-state index is 11.9. The monoisotopic (exact) mass is 491 g/mol. The quantitative estimate of drug-likeness (QED) is 0.614. The second-order valence-corrected chi connectivity index (χ2v) is 11.0. The summed E-state index contributed by atoms with van der Waals surface area (Å²) in [6.45, 7) is 13.2. The van der Waals surface area contributed by atoms with E-state index in [0.717, 1.165) is 38.0 Å². The fourth-order valence-corrected chi connectivity index (χ4v) is 6.22. The molecule has 4 aliphatic rings. The fourth-order valence-electron chi connectivity index (χ4n) is 6.22. The van der Waals surface area contributed by atoms with Crippen LogP contribution in [0, 0.1) is 37.5 Å². The molecular weight excluding hydrogens is 450 g/mol. The summed E-state index contributed by atoms with van der Waals surface area (Å²) in [7, 11) is 0. The minimum atomic E-state index is -0.0414. The first kappa shape index (κ1) is 24.9. The van der Waals surface area contributed by atoms with Gasteiger partial charge in [-0.3, -0.25) is 0 Å². The molecule has 2 aromatic rings. The predicted molar refractivity (Wildman–Crippen MR) is 146 cm³/mol. The van der Waals surface area contributed by atoms with E-state index in [0.29, 0.717) is 18.4 Å². The van der Waals surface area contributed by atoms with Crippen LogP contribution in [0.5, 0.6) is 0 Å². The lowest BCUT2D eigenvalue weighted by molar-refractivity contribution is 0.201. The molecule has 4 aliphatic heterocycles. The molecule has 4 fully saturated rings. The number of hydrogen-bond donors (Lipinski definition) is 3. The zero-order chi connectivity index (χ0) is 25.1. The van der Waals surface area contributed by atoms with Gasteiger partial charge in [-0.25, -0.2) is 4.79 Å². The lowest BCUT2D eigenvalue weighted by atomic mass is 10.0. The molecule has 2 aromatic carbocycles. The van der Waals surface area contributed by atoms with E-state index in [4.69, 9.17) is 5.11 Å². The van der Waals surface area contributed by atoms with Crippen LogP contribution in [-0.2, 0) is 0 Å². The molecule has 194 valence electrons. The molecule has 4 heterocycles. The van der Waals surface area contributed by atoms with E-state index in [1.165, 1.54) is 48.7 Å². The van der Waals surface area contributed by atoms with E-state index in [9.17, 15) is 4.79 Å². The average Bonchev–Trinajstić information content (AvgIpc) is 3.64. The first-order chi connectivity index (χ1) is 17.5. The standard InChI is InChI=1S/C16H23N3O2.C13H18N2/c1-12-2-4-15(5-3-12)18-8-13-10-19(11-14(13)9-18)16(21)17-6-7-20;1-10-2-4-13(5-3-10)15-8-11-6-14-7-12(11)9-15/h2-5,13-14,20H,6-11H2,1H3,(H,17,21);2-5,11-12,14H,6-9H2,1H3/t13-,14+;11-,12+. The molecule has 0 aromatic heterocycles. The van der Waals surface area contributed by atoms with Crippen molar-refractivity contribution in [2.75, 3.05) is 75.3 Å². The third-order valence-electron chi connectivity index (χ3n) is 8.35. The number of nitrogens with one attached hydrogen (secondary N) is 2. The van der Waals surface area contributed by atoms with Crippen LogP contribution in [0.3, 0.4) is 0 Å². The highest BCUT2D eigenvalue weighted by Crippen LogP contribution is 2.34. The highest BCUT2D eigenvalue weighted by molar-refractivity contribution is 5.74. The lowest BCUT2D eigenvalue weighted by Crippen LogP contribution is -2.41. The number of benzene rings is 2. The van der Waals surface area contributed by atoms with Gasteiger partial charge < -0.3 is 30.4 Å². The predicted octanol–water partition coefficient (Wildman–Crippen LogP) is 2.72. The van der Waals surface area contributed by atoms with Crippen molar-refractivity contribution in [2.45, 2.75) is 13.8 Å². The van der Waals surface area contributed by atoms with Crippen LogP contribution < -0.4 is 20.4 Å². The van der Waals surface area contributed by atoms with Gasteiger partial charge in [0.2, 0.25) is 0 Å². The molecule has 0 bridgehead atoms. The van der Waals surface area contributed by atoms with E-state index < -0.39 is 0 Å². The molecule has 4 atom stereocenters. The second kappa shape index (κ2) is 11.1. The maximum Gasteiger partial charge on any atom is 0.317 e. The fraction of sp³-hybridized carbons (Fsp3) is 0.552. The Morgan fingerprint density at radius 3 is 1.67 bits per heavy atom. The molecule has 3 N–H and O–H groups in total. The van der Waals surface area contributed by atoms with Gasteiger partial charge in [-0.15, -0.1) is 0 Å². The summed E-state index contributed by atoms with van der Waals surface area (Å²) in [5.74, 6) is 2.88. The summed E-state index contributed by atoms with van der Waals surface area (Å²) in [5, 5.41) is 15.0.